The number of carbonyl (C=O) groups excluding carboxylic acids is 2. The molecule has 1 fully saturated rings. The predicted octanol–water partition coefficient (Wildman–Crippen LogP) is 2.05. The maximum atomic E-state index is 12.2. The zero-order valence-electron chi connectivity index (χ0n) is 15.1. The van der Waals surface area contributed by atoms with E-state index in [4.69, 9.17) is 0 Å². The first-order chi connectivity index (χ1) is 12.5. The highest BCUT2D eigenvalue weighted by Gasteiger charge is 2.28. The summed E-state index contributed by atoms with van der Waals surface area (Å²) in [5.41, 5.74) is 0.362. The van der Waals surface area contributed by atoms with Gasteiger partial charge in [0, 0.05) is 11.4 Å². The molecular weight excluding hydrogens is 332 g/mol. The SMILES string of the molecule is CC1CCCC(NC(=O)NC(=O)Cn2ncc(=O)c3ccccc32)C1C. The largest absolute Gasteiger partial charge is 0.335 e. The second-order valence-corrected chi connectivity index (χ2v) is 7.08. The van der Waals surface area contributed by atoms with Gasteiger partial charge in [-0.15, -0.1) is 0 Å². The first-order valence-corrected chi connectivity index (χ1v) is 9.01. The highest BCUT2D eigenvalue weighted by Crippen LogP contribution is 2.29. The van der Waals surface area contributed by atoms with Gasteiger partial charge in [-0.1, -0.05) is 38.8 Å². The van der Waals surface area contributed by atoms with E-state index in [1.165, 1.54) is 17.3 Å². The maximum Gasteiger partial charge on any atom is 0.321 e. The van der Waals surface area contributed by atoms with Crippen LogP contribution in [0.15, 0.2) is 35.3 Å². The average molecular weight is 356 g/mol. The number of para-hydroxylation sites is 1. The van der Waals surface area contributed by atoms with Crippen molar-refractivity contribution in [2.24, 2.45) is 11.8 Å². The standard InChI is InChI=1S/C19H24N4O3/c1-12-6-5-8-15(13(12)2)21-19(26)22-18(25)11-23-16-9-4-3-7-14(16)17(24)10-20-23/h3-4,7,9-10,12-13,15H,5-6,8,11H2,1-2H3,(H2,21,22,25,26). The lowest BCUT2D eigenvalue weighted by molar-refractivity contribution is -0.120. The van der Waals surface area contributed by atoms with Gasteiger partial charge in [0.15, 0.2) is 0 Å². The molecule has 7 heteroatoms. The van der Waals surface area contributed by atoms with E-state index in [-0.39, 0.29) is 18.0 Å². The Morgan fingerprint density at radius 3 is 2.81 bits per heavy atom. The molecule has 1 saturated carbocycles. The van der Waals surface area contributed by atoms with E-state index in [2.05, 4.69) is 29.6 Å². The van der Waals surface area contributed by atoms with Crippen LogP contribution in [0, 0.1) is 11.8 Å². The molecular formula is C19H24N4O3. The van der Waals surface area contributed by atoms with Crippen molar-refractivity contribution in [1.29, 1.82) is 0 Å². The van der Waals surface area contributed by atoms with Crippen LogP contribution >= 0.6 is 0 Å². The van der Waals surface area contributed by atoms with E-state index < -0.39 is 11.9 Å². The third kappa shape index (κ3) is 3.92. The lowest BCUT2D eigenvalue weighted by Crippen LogP contribution is -2.49. The lowest BCUT2D eigenvalue weighted by atomic mass is 9.78. The van der Waals surface area contributed by atoms with Gasteiger partial charge >= 0.3 is 6.03 Å². The number of urea groups is 1. The van der Waals surface area contributed by atoms with E-state index in [1.807, 2.05) is 0 Å². The molecule has 1 aromatic heterocycles. The Morgan fingerprint density at radius 1 is 1.23 bits per heavy atom. The third-order valence-electron chi connectivity index (χ3n) is 5.33. The Kier molecular flexibility index (Phi) is 5.35. The lowest BCUT2D eigenvalue weighted by Gasteiger charge is -2.34. The van der Waals surface area contributed by atoms with E-state index in [1.54, 1.807) is 24.3 Å². The first-order valence-electron chi connectivity index (χ1n) is 9.01. The van der Waals surface area contributed by atoms with Crippen LogP contribution in [0.2, 0.25) is 0 Å². The van der Waals surface area contributed by atoms with Gasteiger partial charge in [-0.25, -0.2) is 4.79 Å². The van der Waals surface area contributed by atoms with Crippen LogP contribution < -0.4 is 16.1 Å². The van der Waals surface area contributed by atoms with Crippen molar-refractivity contribution in [3.63, 3.8) is 0 Å². The minimum Gasteiger partial charge on any atom is -0.335 e. The van der Waals surface area contributed by atoms with Gasteiger partial charge in [0.1, 0.15) is 6.54 Å². The summed E-state index contributed by atoms with van der Waals surface area (Å²) in [6, 6.07) is 6.54. The summed E-state index contributed by atoms with van der Waals surface area (Å²) in [7, 11) is 0. The summed E-state index contributed by atoms with van der Waals surface area (Å²) in [5, 5.41) is 9.77. The Balaban J connectivity index is 1.63. The van der Waals surface area contributed by atoms with E-state index in [0.717, 1.165) is 12.8 Å². The number of nitrogens with one attached hydrogen (secondary N) is 2. The molecule has 138 valence electrons. The van der Waals surface area contributed by atoms with E-state index in [0.29, 0.717) is 22.7 Å². The van der Waals surface area contributed by atoms with Crippen LogP contribution in [0.5, 0.6) is 0 Å². The van der Waals surface area contributed by atoms with Crippen LogP contribution in [0.25, 0.3) is 10.9 Å². The molecule has 0 bridgehead atoms. The zero-order valence-corrected chi connectivity index (χ0v) is 15.1. The van der Waals surface area contributed by atoms with Crippen LogP contribution in [0.4, 0.5) is 4.79 Å². The highest BCUT2D eigenvalue weighted by molar-refractivity contribution is 5.94. The molecule has 3 rings (SSSR count). The molecule has 1 aromatic carbocycles. The molecule has 26 heavy (non-hydrogen) atoms. The molecule has 3 atom stereocenters. The van der Waals surface area contributed by atoms with E-state index in [9.17, 15) is 14.4 Å². The van der Waals surface area contributed by atoms with Crippen molar-refractivity contribution in [3.05, 3.63) is 40.7 Å². The Hall–Kier alpha value is -2.70. The zero-order chi connectivity index (χ0) is 18.7. The summed E-state index contributed by atoms with van der Waals surface area (Å²) < 4.78 is 1.42. The number of hydrogen-bond donors (Lipinski definition) is 2. The number of amides is 3. The smallest absolute Gasteiger partial charge is 0.321 e. The Labute approximate surface area is 151 Å². The number of hydrogen-bond acceptors (Lipinski definition) is 4. The van der Waals surface area contributed by atoms with Gasteiger partial charge in [0.05, 0.1) is 11.7 Å². The monoisotopic (exact) mass is 356 g/mol. The molecule has 0 radical (unpaired) electrons. The van der Waals surface area contributed by atoms with Gasteiger partial charge in [0.25, 0.3) is 0 Å². The van der Waals surface area contributed by atoms with Crippen molar-refractivity contribution in [2.75, 3.05) is 0 Å². The van der Waals surface area contributed by atoms with Crippen LogP contribution in [-0.2, 0) is 11.3 Å². The van der Waals surface area contributed by atoms with Gasteiger partial charge in [0.2, 0.25) is 11.3 Å². The van der Waals surface area contributed by atoms with Crippen molar-refractivity contribution < 1.29 is 9.59 Å². The van der Waals surface area contributed by atoms with Crippen molar-refractivity contribution in [3.8, 4) is 0 Å². The number of benzene rings is 1. The molecule has 0 spiro atoms. The molecule has 7 nitrogen and oxygen atoms in total. The number of aromatic nitrogens is 2. The van der Waals surface area contributed by atoms with Gasteiger partial charge < -0.3 is 5.32 Å². The normalized spacial score (nSPS) is 22.8. The maximum absolute atomic E-state index is 12.2. The minimum absolute atomic E-state index is 0.0814. The average Bonchev–Trinajstić information content (AvgIpc) is 2.61. The van der Waals surface area contributed by atoms with Crippen LogP contribution in [0.3, 0.4) is 0 Å². The Bertz CT molecular complexity index is 876. The Morgan fingerprint density at radius 2 is 2.00 bits per heavy atom. The molecule has 3 amide bonds. The van der Waals surface area contributed by atoms with Crippen molar-refractivity contribution in [2.45, 2.75) is 45.7 Å². The van der Waals surface area contributed by atoms with Crippen LogP contribution in [0.1, 0.15) is 33.1 Å². The number of carbonyl (C=O) groups is 2. The first kappa shape index (κ1) is 18.1. The van der Waals surface area contributed by atoms with E-state index >= 15 is 0 Å². The second kappa shape index (κ2) is 7.68. The molecule has 1 aliphatic rings. The molecule has 0 saturated heterocycles. The number of nitrogens with zero attached hydrogens (tertiary/aromatic N) is 2. The predicted molar refractivity (Wildman–Crippen MR) is 98.6 cm³/mol. The van der Waals surface area contributed by atoms with Crippen molar-refractivity contribution in [1.82, 2.24) is 20.4 Å². The number of imide groups is 1. The summed E-state index contributed by atoms with van der Waals surface area (Å²) in [4.78, 5) is 36.2. The second-order valence-electron chi connectivity index (χ2n) is 7.08. The summed E-state index contributed by atoms with van der Waals surface area (Å²) in [6.07, 6.45) is 4.36. The van der Waals surface area contributed by atoms with Crippen molar-refractivity contribution >= 4 is 22.8 Å². The summed E-state index contributed by atoms with van der Waals surface area (Å²) in [5.74, 6) is 0.468. The fraction of sp³-hybridized carbons (Fsp3) is 0.474. The highest BCUT2D eigenvalue weighted by atomic mass is 16.2. The number of fused-ring (bicyclic) bond motifs is 1. The fourth-order valence-electron chi connectivity index (χ4n) is 3.58. The molecule has 1 aliphatic carbocycles. The molecule has 3 unspecified atom stereocenters. The molecule has 2 aromatic rings. The van der Waals surface area contributed by atoms with Gasteiger partial charge in [-0.05, 0) is 30.4 Å². The fourth-order valence-corrected chi connectivity index (χ4v) is 3.58. The number of rotatable bonds is 3. The summed E-state index contributed by atoms with van der Waals surface area (Å²) in [6.45, 7) is 4.19. The molecule has 1 heterocycles. The quantitative estimate of drug-likeness (QED) is 0.880. The third-order valence-corrected chi connectivity index (χ3v) is 5.33. The topological polar surface area (TPSA) is 93.1 Å². The summed E-state index contributed by atoms with van der Waals surface area (Å²) >= 11 is 0. The minimum atomic E-state index is -0.480. The molecule has 0 aliphatic heterocycles. The van der Waals surface area contributed by atoms with Gasteiger partial charge in [-0.2, -0.15) is 5.10 Å². The molecule has 2 N–H and O–H groups in total. The van der Waals surface area contributed by atoms with Crippen LogP contribution in [-0.4, -0.2) is 27.8 Å². The van der Waals surface area contributed by atoms with Gasteiger partial charge in [-0.3, -0.25) is 19.6 Å².